The first kappa shape index (κ1) is 31.5. The van der Waals surface area contributed by atoms with E-state index in [9.17, 15) is 10.1 Å². The van der Waals surface area contributed by atoms with E-state index in [2.05, 4.69) is 35.8 Å². The van der Waals surface area contributed by atoms with E-state index in [0.717, 1.165) is 28.0 Å². The molecule has 0 aliphatic rings. The summed E-state index contributed by atoms with van der Waals surface area (Å²) in [7, 11) is 1.66. The van der Waals surface area contributed by atoms with Crippen molar-refractivity contribution in [1.29, 1.82) is 5.26 Å². The number of nitrogens with zero attached hydrogens (tertiary/aromatic N) is 4. The SMILES string of the molecule is CCOc1cc(C=Nn2c(-c3cc(C(C)C)c(OC)cc3C)nc3ccccc3c2=O)c(Br)cc1OCc1ccccc1C#N. The Bertz CT molecular complexity index is 2010. The van der Waals surface area contributed by atoms with Crippen LogP contribution in [0, 0.1) is 18.3 Å². The molecule has 0 saturated heterocycles. The predicted octanol–water partition coefficient (Wildman–Crippen LogP) is 8.00. The highest BCUT2D eigenvalue weighted by Crippen LogP contribution is 2.36. The van der Waals surface area contributed by atoms with Crippen LogP contribution in [0.5, 0.6) is 17.2 Å². The number of aromatic nitrogens is 2. The average Bonchev–Trinajstić information content (AvgIpc) is 3.04. The summed E-state index contributed by atoms with van der Waals surface area (Å²) in [5.74, 6) is 2.41. The van der Waals surface area contributed by atoms with Crippen molar-refractivity contribution >= 4 is 33.0 Å². The molecule has 0 aliphatic carbocycles. The van der Waals surface area contributed by atoms with Gasteiger partial charge in [-0.15, -0.1) is 0 Å². The van der Waals surface area contributed by atoms with E-state index in [4.69, 9.17) is 24.3 Å². The smallest absolute Gasteiger partial charge is 0.282 e. The number of aryl methyl sites for hydroxylation is 1. The number of ether oxygens (including phenoxy) is 3. The zero-order valence-electron chi connectivity index (χ0n) is 25.8. The number of fused-ring (bicyclic) bond motifs is 1. The lowest BCUT2D eigenvalue weighted by atomic mass is 9.96. The molecule has 0 radical (unpaired) electrons. The number of rotatable bonds is 10. The van der Waals surface area contributed by atoms with E-state index in [-0.39, 0.29) is 18.1 Å². The van der Waals surface area contributed by atoms with Gasteiger partial charge in [-0.05, 0) is 89.3 Å². The third-order valence-electron chi connectivity index (χ3n) is 7.39. The second-order valence-electron chi connectivity index (χ2n) is 10.7. The molecule has 0 bridgehead atoms. The molecular formula is C36H33BrN4O4. The number of halogens is 1. The molecule has 0 N–H and O–H groups in total. The van der Waals surface area contributed by atoms with Gasteiger partial charge in [0.05, 0.1) is 42.5 Å². The van der Waals surface area contributed by atoms with E-state index in [1.807, 2.05) is 62.4 Å². The Morgan fingerprint density at radius 1 is 1.02 bits per heavy atom. The maximum absolute atomic E-state index is 13.9. The van der Waals surface area contributed by atoms with Gasteiger partial charge < -0.3 is 14.2 Å². The van der Waals surface area contributed by atoms with Gasteiger partial charge in [-0.25, -0.2) is 4.98 Å². The lowest BCUT2D eigenvalue weighted by molar-refractivity contribution is 0.269. The van der Waals surface area contributed by atoms with Crippen molar-refractivity contribution in [2.24, 2.45) is 5.10 Å². The molecule has 45 heavy (non-hydrogen) atoms. The van der Waals surface area contributed by atoms with Crippen LogP contribution in [0.15, 0.2) is 87.2 Å². The zero-order valence-corrected chi connectivity index (χ0v) is 27.4. The average molecular weight is 666 g/mol. The lowest BCUT2D eigenvalue weighted by Gasteiger charge is -2.17. The molecule has 1 heterocycles. The summed E-state index contributed by atoms with van der Waals surface area (Å²) in [4.78, 5) is 18.8. The van der Waals surface area contributed by atoms with Crippen LogP contribution in [-0.4, -0.2) is 29.6 Å². The Balaban J connectivity index is 1.60. The highest BCUT2D eigenvalue weighted by atomic mass is 79.9. The fourth-order valence-corrected chi connectivity index (χ4v) is 5.46. The maximum atomic E-state index is 13.9. The molecule has 9 heteroatoms. The molecule has 0 atom stereocenters. The minimum Gasteiger partial charge on any atom is -0.496 e. The molecule has 5 rings (SSSR count). The minimum atomic E-state index is -0.287. The van der Waals surface area contributed by atoms with Gasteiger partial charge in [0.15, 0.2) is 17.3 Å². The van der Waals surface area contributed by atoms with Crippen LogP contribution in [0.25, 0.3) is 22.3 Å². The van der Waals surface area contributed by atoms with Crippen molar-refractivity contribution in [3.8, 4) is 34.7 Å². The Hall–Kier alpha value is -4.94. The quantitative estimate of drug-likeness (QED) is 0.140. The monoisotopic (exact) mass is 664 g/mol. The highest BCUT2D eigenvalue weighted by Gasteiger charge is 2.19. The molecule has 0 fully saturated rings. The Morgan fingerprint density at radius 3 is 2.49 bits per heavy atom. The largest absolute Gasteiger partial charge is 0.496 e. The fourth-order valence-electron chi connectivity index (χ4n) is 5.03. The number of para-hydroxylation sites is 1. The molecular weight excluding hydrogens is 632 g/mol. The summed E-state index contributed by atoms with van der Waals surface area (Å²) in [6.45, 7) is 8.66. The number of nitriles is 1. The van der Waals surface area contributed by atoms with E-state index in [1.54, 1.807) is 37.6 Å². The molecule has 0 amide bonds. The molecule has 8 nitrogen and oxygen atoms in total. The van der Waals surface area contributed by atoms with Crippen LogP contribution >= 0.6 is 15.9 Å². The van der Waals surface area contributed by atoms with Crippen molar-refractivity contribution in [2.45, 2.75) is 40.2 Å². The Morgan fingerprint density at radius 2 is 1.76 bits per heavy atom. The molecule has 5 aromatic rings. The number of hydrogen-bond donors (Lipinski definition) is 0. The van der Waals surface area contributed by atoms with E-state index in [1.165, 1.54) is 4.68 Å². The molecule has 0 spiro atoms. The van der Waals surface area contributed by atoms with Crippen LogP contribution in [0.4, 0.5) is 0 Å². The summed E-state index contributed by atoms with van der Waals surface area (Å²) >= 11 is 3.64. The van der Waals surface area contributed by atoms with Crippen molar-refractivity contribution < 1.29 is 14.2 Å². The van der Waals surface area contributed by atoms with Crippen LogP contribution < -0.4 is 19.8 Å². The first-order chi connectivity index (χ1) is 21.7. The van der Waals surface area contributed by atoms with E-state index < -0.39 is 0 Å². The summed E-state index contributed by atoms with van der Waals surface area (Å²) in [6.07, 6.45) is 1.60. The van der Waals surface area contributed by atoms with Gasteiger partial charge in [0.25, 0.3) is 5.56 Å². The normalized spacial score (nSPS) is 11.2. The summed E-state index contributed by atoms with van der Waals surface area (Å²) in [6, 6.07) is 24.4. The molecule has 1 aromatic heterocycles. The van der Waals surface area contributed by atoms with Crippen molar-refractivity contribution in [1.82, 2.24) is 9.66 Å². The fraction of sp³-hybridized carbons (Fsp3) is 0.222. The van der Waals surface area contributed by atoms with Crippen molar-refractivity contribution in [2.75, 3.05) is 13.7 Å². The number of hydrogen-bond acceptors (Lipinski definition) is 7. The highest BCUT2D eigenvalue weighted by molar-refractivity contribution is 9.10. The van der Waals surface area contributed by atoms with Crippen LogP contribution in [0.3, 0.4) is 0 Å². The Kier molecular flexibility index (Phi) is 9.65. The first-order valence-electron chi connectivity index (χ1n) is 14.6. The van der Waals surface area contributed by atoms with Crippen molar-refractivity contribution in [3.63, 3.8) is 0 Å². The number of benzene rings is 4. The van der Waals surface area contributed by atoms with Crippen molar-refractivity contribution in [3.05, 3.63) is 115 Å². The predicted molar refractivity (Wildman–Crippen MR) is 181 cm³/mol. The van der Waals surface area contributed by atoms with Crippen LogP contribution in [0.1, 0.15) is 54.5 Å². The topological polar surface area (TPSA) is 98.7 Å². The van der Waals surface area contributed by atoms with Gasteiger partial charge in [-0.2, -0.15) is 15.0 Å². The van der Waals surface area contributed by atoms with Gasteiger partial charge in [0, 0.05) is 21.2 Å². The summed E-state index contributed by atoms with van der Waals surface area (Å²) in [5, 5.41) is 14.6. The van der Waals surface area contributed by atoms with Gasteiger partial charge in [-0.1, -0.05) is 44.2 Å². The van der Waals surface area contributed by atoms with E-state index >= 15 is 0 Å². The van der Waals surface area contributed by atoms with Crippen LogP contribution in [0.2, 0.25) is 0 Å². The number of methoxy groups -OCH3 is 1. The molecule has 228 valence electrons. The molecule has 4 aromatic carbocycles. The molecule has 0 saturated carbocycles. The minimum absolute atomic E-state index is 0.186. The molecule has 0 aliphatic heterocycles. The van der Waals surface area contributed by atoms with Gasteiger partial charge >= 0.3 is 0 Å². The Labute approximate surface area is 270 Å². The standard InChI is InChI=1S/C36H33BrN4O4/c1-6-44-33-16-26(30(37)18-34(33)45-21-25-12-8-7-11-24(25)19-38)20-39-41-35(40-31-14-10-9-13-27(31)36(41)42)29-17-28(22(2)3)32(43-5)15-23(29)4/h7-18,20,22H,6,21H2,1-5H3. The summed E-state index contributed by atoms with van der Waals surface area (Å²) < 4.78 is 19.7. The molecule has 0 unspecified atom stereocenters. The zero-order chi connectivity index (χ0) is 32.1. The van der Waals surface area contributed by atoms with Gasteiger partial charge in [0.2, 0.25) is 0 Å². The first-order valence-corrected chi connectivity index (χ1v) is 15.4. The second-order valence-corrected chi connectivity index (χ2v) is 11.5. The third-order valence-corrected chi connectivity index (χ3v) is 8.08. The second kappa shape index (κ2) is 13.8. The van der Waals surface area contributed by atoms with Gasteiger partial charge in [-0.3, -0.25) is 4.79 Å². The summed E-state index contributed by atoms with van der Waals surface area (Å²) in [5.41, 5.74) is 4.99. The third kappa shape index (κ3) is 6.61. The van der Waals surface area contributed by atoms with Crippen LogP contribution in [-0.2, 0) is 6.61 Å². The van der Waals surface area contributed by atoms with Gasteiger partial charge in [0.1, 0.15) is 12.4 Å². The lowest BCUT2D eigenvalue weighted by Crippen LogP contribution is -2.21. The van der Waals surface area contributed by atoms with E-state index in [0.29, 0.717) is 50.4 Å². The maximum Gasteiger partial charge on any atom is 0.282 e.